The Morgan fingerprint density at radius 3 is 2.24 bits per heavy atom. The van der Waals surface area contributed by atoms with Gasteiger partial charge in [-0.2, -0.15) is 0 Å². The fourth-order valence-electron chi connectivity index (χ4n) is 4.84. The van der Waals surface area contributed by atoms with Gasteiger partial charge in [-0.3, -0.25) is 4.79 Å². The fraction of sp³-hybridized carbons (Fsp3) is 0.444. The largest absolute Gasteiger partial charge is 0.508 e. The van der Waals surface area contributed by atoms with Crippen molar-refractivity contribution in [3.05, 3.63) is 52.9 Å². The average Bonchev–Trinajstić information content (AvgIpc) is 2.94. The number of phenolic OH excluding ortho intramolecular Hbond substituents is 2. The number of hydrogen-bond acceptors (Lipinski definition) is 14. The van der Waals surface area contributed by atoms with Gasteiger partial charge in [0.05, 0.1) is 18.3 Å². The lowest BCUT2D eigenvalue weighted by Gasteiger charge is -2.45. The van der Waals surface area contributed by atoms with Crippen LogP contribution in [-0.2, 0) is 14.2 Å². The fourth-order valence-corrected chi connectivity index (χ4v) is 4.84. The minimum atomic E-state index is -1.71. The first-order valence-corrected chi connectivity index (χ1v) is 12.7. The van der Waals surface area contributed by atoms with E-state index in [-0.39, 0.29) is 28.0 Å². The zero-order valence-corrected chi connectivity index (χ0v) is 21.5. The van der Waals surface area contributed by atoms with E-state index in [1.807, 2.05) is 0 Å². The number of fused-ring (bicyclic) bond motifs is 1. The van der Waals surface area contributed by atoms with Crippen LogP contribution in [0.4, 0.5) is 0 Å². The highest BCUT2D eigenvalue weighted by Crippen LogP contribution is 2.32. The molecule has 2 aromatic carbocycles. The molecule has 10 atom stereocenters. The first-order valence-electron chi connectivity index (χ1n) is 12.7. The highest BCUT2D eigenvalue weighted by molar-refractivity contribution is 5.88. The Morgan fingerprint density at radius 2 is 1.56 bits per heavy atom. The van der Waals surface area contributed by atoms with Gasteiger partial charge >= 0.3 is 0 Å². The molecule has 8 N–H and O–H groups in total. The van der Waals surface area contributed by atoms with Crippen LogP contribution in [0.15, 0.2) is 51.9 Å². The summed E-state index contributed by atoms with van der Waals surface area (Å²) >= 11 is 0. The number of phenols is 2. The van der Waals surface area contributed by atoms with Crippen LogP contribution >= 0.6 is 0 Å². The standard InChI is InChI=1S/C27H30O14/c1-10-19(31)22(34)24(36)26(38-10)41-25-23(35)21(33)17(8-28)40-27(25)39-13-4-2-11(3-5-13)14-9-37-16-7-12(29)6-15(30)18(16)20(14)32/h2-7,9-10,17,19,21-31,33-36H,8H2,1H3/t10-,17+,19-,21+,22+,23-,24+,25+,26-,27+/m0/s1. The van der Waals surface area contributed by atoms with E-state index >= 15 is 0 Å². The molecule has 41 heavy (non-hydrogen) atoms. The molecular formula is C27H30O14. The van der Waals surface area contributed by atoms with E-state index < -0.39 is 79.2 Å². The van der Waals surface area contributed by atoms with Crippen molar-refractivity contribution in [1.29, 1.82) is 0 Å². The van der Waals surface area contributed by atoms with Crippen LogP contribution in [-0.4, -0.2) is 109 Å². The van der Waals surface area contributed by atoms with Crippen LogP contribution in [0.25, 0.3) is 22.1 Å². The number of benzene rings is 2. The van der Waals surface area contributed by atoms with Gasteiger partial charge in [0.2, 0.25) is 11.7 Å². The summed E-state index contributed by atoms with van der Waals surface area (Å²) in [5.41, 5.74) is -0.0459. The molecule has 0 amide bonds. The molecular weight excluding hydrogens is 548 g/mol. The minimum Gasteiger partial charge on any atom is -0.508 e. The van der Waals surface area contributed by atoms with E-state index in [2.05, 4.69) is 0 Å². The van der Waals surface area contributed by atoms with Crippen LogP contribution in [0.1, 0.15) is 6.92 Å². The first kappa shape index (κ1) is 29.2. The third-order valence-electron chi connectivity index (χ3n) is 7.18. The van der Waals surface area contributed by atoms with E-state index in [0.29, 0.717) is 5.56 Å². The van der Waals surface area contributed by atoms with Gasteiger partial charge in [-0.15, -0.1) is 0 Å². The van der Waals surface area contributed by atoms with Gasteiger partial charge in [-0.25, -0.2) is 0 Å². The molecule has 2 aliphatic rings. The number of ether oxygens (including phenoxy) is 4. The zero-order valence-electron chi connectivity index (χ0n) is 21.5. The molecule has 1 aromatic heterocycles. The summed E-state index contributed by atoms with van der Waals surface area (Å²) in [6.45, 7) is 0.772. The van der Waals surface area contributed by atoms with Crippen molar-refractivity contribution in [2.24, 2.45) is 0 Å². The van der Waals surface area contributed by atoms with Crippen molar-refractivity contribution in [1.82, 2.24) is 0 Å². The molecule has 3 heterocycles. The highest BCUT2D eigenvalue weighted by atomic mass is 16.8. The second-order valence-electron chi connectivity index (χ2n) is 9.95. The van der Waals surface area contributed by atoms with E-state index in [1.54, 1.807) is 0 Å². The van der Waals surface area contributed by atoms with Gasteiger partial charge in [0, 0.05) is 12.1 Å². The predicted molar refractivity (Wildman–Crippen MR) is 137 cm³/mol. The molecule has 0 saturated carbocycles. The normalized spacial score (nSPS) is 34.0. The second-order valence-corrected chi connectivity index (χ2v) is 9.95. The van der Waals surface area contributed by atoms with Crippen molar-refractivity contribution in [2.45, 2.75) is 68.3 Å². The summed E-state index contributed by atoms with van der Waals surface area (Å²) < 4.78 is 28.0. The molecule has 2 aliphatic heterocycles. The summed E-state index contributed by atoms with van der Waals surface area (Å²) in [6, 6.07) is 8.14. The van der Waals surface area contributed by atoms with Gasteiger partial charge < -0.3 is 64.2 Å². The van der Waals surface area contributed by atoms with Crippen molar-refractivity contribution in [3.8, 4) is 28.4 Å². The number of rotatable bonds is 6. The Morgan fingerprint density at radius 1 is 0.854 bits per heavy atom. The molecule has 3 aromatic rings. The third kappa shape index (κ3) is 5.49. The monoisotopic (exact) mass is 578 g/mol. The first-order chi connectivity index (χ1) is 19.5. The van der Waals surface area contributed by atoms with Crippen LogP contribution in [0.3, 0.4) is 0 Å². The lowest BCUT2D eigenvalue weighted by Crippen LogP contribution is -2.64. The minimum absolute atomic E-state index is 0.000592. The maximum atomic E-state index is 13.0. The second kappa shape index (κ2) is 11.5. The van der Waals surface area contributed by atoms with Gasteiger partial charge in [-0.1, -0.05) is 12.1 Å². The number of aromatic hydroxyl groups is 2. The van der Waals surface area contributed by atoms with E-state index in [9.17, 15) is 45.6 Å². The molecule has 0 spiro atoms. The highest BCUT2D eigenvalue weighted by Gasteiger charge is 2.50. The summed E-state index contributed by atoms with van der Waals surface area (Å²) in [6.07, 6.45) is -13.5. The SMILES string of the molecule is C[C@@H]1O[C@@H](O[C@H]2[C@H](Oc3ccc(-c4coc5cc(O)cc(O)c5c4=O)cc3)O[C@H](CO)[C@@H](O)[C@@H]2O)[C@H](O)[C@H](O)[C@H]1O. The van der Waals surface area contributed by atoms with Crippen molar-refractivity contribution in [2.75, 3.05) is 6.61 Å². The molecule has 14 nitrogen and oxygen atoms in total. The number of hydrogen-bond donors (Lipinski definition) is 8. The molecule has 14 heteroatoms. The average molecular weight is 579 g/mol. The Balaban J connectivity index is 1.39. The predicted octanol–water partition coefficient (Wildman–Crippen LogP) is -1.10. The van der Waals surface area contributed by atoms with Crippen molar-refractivity contribution in [3.63, 3.8) is 0 Å². The Kier molecular flexibility index (Phi) is 8.20. The molecule has 0 bridgehead atoms. The van der Waals surface area contributed by atoms with Crippen molar-refractivity contribution >= 4 is 11.0 Å². The summed E-state index contributed by atoms with van der Waals surface area (Å²) in [7, 11) is 0. The smallest absolute Gasteiger partial charge is 0.229 e. The van der Waals surface area contributed by atoms with E-state index in [1.165, 1.54) is 43.5 Å². The molecule has 0 unspecified atom stereocenters. The van der Waals surface area contributed by atoms with E-state index in [0.717, 1.165) is 6.07 Å². The topological polar surface area (TPSA) is 229 Å². The van der Waals surface area contributed by atoms with Gasteiger partial charge in [0.15, 0.2) is 12.4 Å². The van der Waals surface area contributed by atoms with Gasteiger partial charge in [0.25, 0.3) is 0 Å². The van der Waals surface area contributed by atoms with Crippen LogP contribution in [0, 0.1) is 0 Å². The number of aliphatic hydroxyl groups excluding tert-OH is 6. The Labute approximate surface area is 231 Å². The Bertz CT molecular complexity index is 1420. The summed E-state index contributed by atoms with van der Waals surface area (Å²) in [5.74, 6) is -0.563. The third-order valence-corrected chi connectivity index (χ3v) is 7.18. The van der Waals surface area contributed by atoms with Crippen LogP contribution < -0.4 is 10.2 Å². The maximum absolute atomic E-state index is 13.0. The molecule has 5 rings (SSSR count). The summed E-state index contributed by atoms with van der Waals surface area (Å²) in [4.78, 5) is 13.0. The maximum Gasteiger partial charge on any atom is 0.229 e. The van der Waals surface area contributed by atoms with Crippen molar-refractivity contribution < 1.29 is 64.2 Å². The lowest BCUT2D eigenvalue weighted by atomic mass is 9.97. The quantitative estimate of drug-likeness (QED) is 0.174. The van der Waals surface area contributed by atoms with Crippen LogP contribution in [0.2, 0.25) is 0 Å². The van der Waals surface area contributed by atoms with E-state index in [4.69, 9.17) is 23.4 Å². The molecule has 2 saturated heterocycles. The summed E-state index contributed by atoms with van der Waals surface area (Å²) in [5, 5.41) is 80.9. The lowest BCUT2D eigenvalue weighted by molar-refractivity contribution is -0.354. The van der Waals surface area contributed by atoms with Gasteiger partial charge in [0.1, 0.15) is 71.1 Å². The molecule has 0 radical (unpaired) electrons. The molecule has 222 valence electrons. The number of aliphatic hydroxyl groups is 6. The molecule has 2 fully saturated rings. The van der Waals surface area contributed by atoms with Gasteiger partial charge in [-0.05, 0) is 24.6 Å². The molecule has 0 aliphatic carbocycles. The van der Waals surface area contributed by atoms with Crippen LogP contribution in [0.5, 0.6) is 17.2 Å². The zero-order chi connectivity index (χ0) is 29.6. The Hall–Kier alpha value is -3.31.